The molecular weight excluding hydrogens is 270 g/mol. The molecule has 2 aliphatic rings. The highest BCUT2D eigenvalue weighted by atomic mass is 15.4. The minimum Gasteiger partial charge on any atom is -0.364 e. The Hall–Kier alpha value is -1.32. The van der Waals surface area contributed by atoms with Crippen molar-refractivity contribution in [2.24, 2.45) is 0 Å². The summed E-state index contributed by atoms with van der Waals surface area (Å²) in [4.78, 5) is 2.55. The van der Waals surface area contributed by atoms with E-state index in [1.54, 1.807) is 0 Å². The molecule has 1 saturated heterocycles. The smallest absolute Gasteiger partial charge is 0.134 e. The van der Waals surface area contributed by atoms with Gasteiger partial charge in [-0.3, -0.25) is 10.2 Å². The third-order valence-electron chi connectivity index (χ3n) is 5.14. The lowest BCUT2D eigenvalue weighted by atomic mass is 9.84. The molecule has 3 atom stereocenters. The highest BCUT2D eigenvalue weighted by Crippen LogP contribution is 2.35. The van der Waals surface area contributed by atoms with Crippen LogP contribution in [-0.2, 0) is 5.41 Å². The molecule has 0 bridgehead atoms. The summed E-state index contributed by atoms with van der Waals surface area (Å²) < 4.78 is 0. The van der Waals surface area contributed by atoms with Crippen molar-refractivity contribution in [3.63, 3.8) is 0 Å². The molecule has 0 saturated carbocycles. The van der Waals surface area contributed by atoms with Gasteiger partial charge in [0.2, 0.25) is 0 Å². The summed E-state index contributed by atoms with van der Waals surface area (Å²) in [7, 11) is 0. The lowest BCUT2D eigenvalue weighted by Gasteiger charge is -2.35. The Morgan fingerprint density at radius 2 is 1.86 bits per heavy atom. The number of benzene rings is 1. The minimum atomic E-state index is 0.230. The zero-order chi connectivity index (χ0) is 15.7. The molecule has 1 fully saturated rings. The van der Waals surface area contributed by atoms with Crippen molar-refractivity contribution < 1.29 is 0 Å². The molecule has 0 amide bonds. The van der Waals surface area contributed by atoms with Crippen LogP contribution in [0.5, 0.6) is 0 Å². The maximum atomic E-state index is 3.52. The van der Waals surface area contributed by atoms with E-state index in [1.807, 2.05) is 0 Å². The summed E-state index contributed by atoms with van der Waals surface area (Å²) in [5, 5.41) is 6.95. The second-order valence-corrected chi connectivity index (χ2v) is 7.63. The minimum absolute atomic E-state index is 0.230. The van der Waals surface area contributed by atoms with E-state index in [9.17, 15) is 0 Å². The molecule has 22 heavy (non-hydrogen) atoms. The second kappa shape index (κ2) is 6.05. The van der Waals surface area contributed by atoms with E-state index in [0.29, 0.717) is 12.0 Å². The fourth-order valence-corrected chi connectivity index (χ4v) is 3.67. The van der Waals surface area contributed by atoms with Crippen LogP contribution in [0.1, 0.15) is 51.2 Å². The van der Waals surface area contributed by atoms with Crippen molar-refractivity contribution in [1.29, 1.82) is 0 Å². The molecule has 3 heteroatoms. The van der Waals surface area contributed by atoms with Crippen molar-refractivity contribution in [3.8, 4) is 0 Å². The molecule has 1 aromatic carbocycles. The Morgan fingerprint density at radius 1 is 1.14 bits per heavy atom. The number of hydrogen-bond acceptors (Lipinski definition) is 3. The molecular formula is C19H29N3. The molecule has 2 N–H and O–H groups in total. The highest BCUT2D eigenvalue weighted by Gasteiger charge is 2.35. The van der Waals surface area contributed by atoms with Gasteiger partial charge in [-0.25, -0.2) is 0 Å². The third-order valence-corrected chi connectivity index (χ3v) is 5.14. The van der Waals surface area contributed by atoms with Gasteiger partial charge in [-0.2, -0.15) is 0 Å². The lowest BCUT2D eigenvalue weighted by molar-refractivity contribution is 0.135. The van der Waals surface area contributed by atoms with Crippen molar-refractivity contribution in [1.82, 2.24) is 15.5 Å². The van der Waals surface area contributed by atoms with Crippen molar-refractivity contribution in [3.05, 3.63) is 47.7 Å². The molecule has 120 valence electrons. The van der Waals surface area contributed by atoms with E-state index in [-0.39, 0.29) is 11.7 Å². The summed E-state index contributed by atoms with van der Waals surface area (Å²) in [5.41, 5.74) is 3.13. The predicted octanol–water partition coefficient (Wildman–Crippen LogP) is 3.15. The Balaban J connectivity index is 1.72. The van der Waals surface area contributed by atoms with Crippen LogP contribution in [-0.4, -0.2) is 30.3 Å². The Kier molecular flexibility index (Phi) is 4.28. The standard InChI is InChI=1S/C19H29N3/c1-14-17(10-13-22(14)18-20-11-5-12-21-18)15-6-8-16(9-7-15)19(2,3)4/h5-9,11,14,17-18,20-21H,10,12-13H2,1-4H3/t14-,17+,18?/m0/s1. The van der Waals surface area contributed by atoms with Gasteiger partial charge in [0.05, 0.1) is 0 Å². The van der Waals surface area contributed by atoms with Gasteiger partial charge < -0.3 is 5.32 Å². The Labute approximate surface area is 134 Å². The van der Waals surface area contributed by atoms with E-state index >= 15 is 0 Å². The fourth-order valence-electron chi connectivity index (χ4n) is 3.67. The average molecular weight is 299 g/mol. The van der Waals surface area contributed by atoms with Crippen molar-refractivity contribution in [2.45, 2.75) is 57.8 Å². The van der Waals surface area contributed by atoms with Crippen LogP contribution in [0.15, 0.2) is 36.5 Å². The quantitative estimate of drug-likeness (QED) is 0.878. The molecule has 0 radical (unpaired) electrons. The largest absolute Gasteiger partial charge is 0.364 e. The Morgan fingerprint density at radius 3 is 2.45 bits per heavy atom. The lowest BCUT2D eigenvalue weighted by Crippen LogP contribution is -2.56. The van der Waals surface area contributed by atoms with Gasteiger partial charge in [0, 0.05) is 25.0 Å². The third kappa shape index (κ3) is 3.06. The summed E-state index contributed by atoms with van der Waals surface area (Å²) >= 11 is 0. The van der Waals surface area contributed by atoms with Crippen LogP contribution >= 0.6 is 0 Å². The van der Waals surface area contributed by atoms with Crippen LogP contribution in [0.4, 0.5) is 0 Å². The number of rotatable bonds is 2. The number of hydrogen-bond donors (Lipinski definition) is 2. The van der Waals surface area contributed by atoms with E-state index in [2.05, 4.69) is 79.8 Å². The molecule has 0 aliphatic carbocycles. The number of likely N-dealkylation sites (tertiary alicyclic amines) is 1. The van der Waals surface area contributed by atoms with Crippen LogP contribution in [0.25, 0.3) is 0 Å². The van der Waals surface area contributed by atoms with Gasteiger partial charge in [-0.1, -0.05) is 51.1 Å². The summed E-state index contributed by atoms with van der Waals surface area (Å²) in [5.74, 6) is 0.628. The van der Waals surface area contributed by atoms with Gasteiger partial charge in [0.1, 0.15) is 6.29 Å². The van der Waals surface area contributed by atoms with Crippen LogP contribution in [0.3, 0.4) is 0 Å². The van der Waals surface area contributed by atoms with E-state index < -0.39 is 0 Å². The van der Waals surface area contributed by atoms with Crippen molar-refractivity contribution >= 4 is 0 Å². The van der Waals surface area contributed by atoms with Gasteiger partial charge in [0.15, 0.2) is 0 Å². The first-order valence-electron chi connectivity index (χ1n) is 8.47. The molecule has 0 spiro atoms. The summed E-state index contributed by atoms with van der Waals surface area (Å²) in [6.07, 6.45) is 5.71. The normalized spacial score (nSPS) is 29.5. The average Bonchev–Trinajstić information content (AvgIpc) is 2.89. The molecule has 3 rings (SSSR count). The molecule has 2 heterocycles. The van der Waals surface area contributed by atoms with Crippen LogP contribution < -0.4 is 10.6 Å². The predicted molar refractivity (Wildman–Crippen MR) is 92.7 cm³/mol. The molecule has 1 unspecified atom stereocenters. The maximum absolute atomic E-state index is 3.52. The summed E-state index contributed by atoms with van der Waals surface area (Å²) in [6.45, 7) is 11.3. The first-order valence-corrected chi connectivity index (χ1v) is 8.47. The second-order valence-electron chi connectivity index (χ2n) is 7.63. The highest BCUT2D eigenvalue weighted by molar-refractivity contribution is 5.31. The van der Waals surface area contributed by atoms with Crippen molar-refractivity contribution in [2.75, 3.05) is 13.1 Å². The van der Waals surface area contributed by atoms with Gasteiger partial charge in [0.25, 0.3) is 0 Å². The van der Waals surface area contributed by atoms with E-state index in [0.717, 1.165) is 13.1 Å². The first kappa shape index (κ1) is 15.6. The fraction of sp³-hybridized carbons (Fsp3) is 0.579. The van der Waals surface area contributed by atoms with E-state index in [4.69, 9.17) is 0 Å². The monoisotopic (exact) mass is 299 g/mol. The van der Waals surface area contributed by atoms with Gasteiger partial charge >= 0.3 is 0 Å². The topological polar surface area (TPSA) is 27.3 Å². The maximum Gasteiger partial charge on any atom is 0.134 e. The zero-order valence-corrected chi connectivity index (χ0v) is 14.3. The molecule has 0 aromatic heterocycles. The van der Waals surface area contributed by atoms with Gasteiger partial charge in [-0.15, -0.1) is 0 Å². The Bertz CT molecular complexity index is 527. The molecule has 2 aliphatic heterocycles. The number of nitrogens with one attached hydrogen (secondary N) is 2. The first-order chi connectivity index (χ1) is 10.5. The van der Waals surface area contributed by atoms with E-state index in [1.165, 1.54) is 17.5 Å². The molecule has 1 aromatic rings. The van der Waals surface area contributed by atoms with Crippen LogP contribution in [0, 0.1) is 0 Å². The SMILES string of the molecule is C[C@H]1[C@H](c2ccc(C(C)(C)C)cc2)CCN1C1NC=CCN1. The van der Waals surface area contributed by atoms with Gasteiger partial charge in [-0.05, 0) is 36.1 Å². The zero-order valence-electron chi connectivity index (χ0n) is 14.3. The van der Waals surface area contributed by atoms with Crippen LogP contribution in [0.2, 0.25) is 0 Å². The summed E-state index contributed by atoms with van der Waals surface area (Å²) in [6, 6.07) is 9.85. The molecule has 3 nitrogen and oxygen atoms in total. The number of nitrogens with zero attached hydrogens (tertiary/aromatic N) is 1.